The van der Waals surface area contributed by atoms with Crippen LogP contribution in [0.4, 0.5) is 8.78 Å². The minimum absolute atomic E-state index is 0.0123. The molecule has 3 aromatic rings. The number of alkyl halides is 2. The van der Waals surface area contributed by atoms with Crippen molar-refractivity contribution < 1.29 is 40.9 Å². The van der Waals surface area contributed by atoms with Crippen molar-refractivity contribution in [2.75, 3.05) is 13.2 Å². The van der Waals surface area contributed by atoms with Crippen molar-refractivity contribution in [3.63, 3.8) is 0 Å². The fourth-order valence-corrected chi connectivity index (χ4v) is 6.74. The van der Waals surface area contributed by atoms with Crippen LogP contribution in [0.15, 0.2) is 65.8 Å². The first-order chi connectivity index (χ1) is 20.0. The lowest BCUT2D eigenvalue weighted by molar-refractivity contribution is -0.605. The molecule has 0 amide bonds. The van der Waals surface area contributed by atoms with Gasteiger partial charge < -0.3 is 19.4 Å². The van der Waals surface area contributed by atoms with Gasteiger partial charge in [-0.1, -0.05) is 47.5 Å². The van der Waals surface area contributed by atoms with E-state index in [1.54, 1.807) is 18.2 Å². The zero-order valence-corrected chi connectivity index (χ0v) is 24.3. The zero-order valence-electron chi connectivity index (χ0n) is 22.0. The van der Waals surface area contributed by atoms with Gasteiger partial charge in [-0.2, -0.15) is 17.8 Å². The Labute approximate surface area is 251 Å². The number of pyridine rings is 1. The van der Waals surface area contributed by atoms with Gasteiger partial charge in [-0.3, -0.25) is 4.79 Å². The predicted octanol–water partition coefficient (Wildman–Crippen LogP) is 5.31. The van der Waals surface area contributed by atoms with E-state index in [0.29, 0.717) is 28.4 Å². The summed E-state index contributed by atoms with van der Waals surface area (Å²) in [4.78, 5) is 13.5. The molecule has 2 aliphatic rings. The van der Waals surface area contributed by atoms with Gasteiger partial charge >= 0.3 is 12.6 Å². The molecular weight excluding hydrogens is 617 g/mol. The van der Waals surface area contributed by atoms with Crippen molar-refractivity contribution >= 4 is 39.2 Å². The Kier molecular flexibility index (Phi) is 9.07. The lowest BCUT2D eigenvalue weighted by Crippen LogP contribution is -2.55. The standard InChI is InChI=1S/C28H26Cl2F2N2O7S/c29-21-14-33(36)15-22(30)20(21)13-25(18-8-9-24(41-28(31)32)26(12-18)39-16-17-6-7-17)40-27(35)23-10-11-34(23)42(37,38)19-4-2-1-3-5-19/h1-5,8-9,12,14-15,17,23,25,28H,6-7,10-11,13,16H2/t23-,25-/m0/s1. The number of benzene rings is 2. The van der Waals surface area contributed by atoms with Gasteiger partial charge in [0.25, 0.3) is 0 Å². The molecule has 0 bridgehead atoms. The van der Waals surface area contributed by atoms with Crippen molar-refractivity contribution in [1.82, 2.24) is 4.31 Å². The molecule has 1 aliphatic carbocycles. The third-order valence-corrected chi connectivity index (χ3v) is 9.60. The number of rotatable bonds is 12. The number of esters is 1. The summed E-state index contributed by atoms with van der Waals surface area (Å²) in [6.45, 7) is -2.67. The maximum atomic E-state index is 13.4. The van der Waals surface area contributed by atoms with Gasteiger partial charge in [0.15, 0.2) is 23.9 Å². The molecule has 5 rings (SSSR count). The van der Waals surface area contributed by atoms with E-state index in [-0.39, 0.29) is 45.8 Å². The van der Waals surface area contributed by atoms with E-state index >= 15 is 0 Å². The third kappa shape index (κ3) is 6.88. The number of hydrogen-bond donors (Lipinski definition) is 0. The van der Waals surface area contributed by atoms with Crippen molar-refractivity contribution in [2.45, 2.75) is 49.3 Å². The van der Waals surface area contributed by atoms with Gasteiger partial charge in [0.2, 0.25) is 10.0 Å². The highest BCUT2D eigenvalue weighted by Crippen LogP contribution is 2.38. The molecule has 2 aromatic carbocycles. The third-order valence-electron chi connectivity index (χ3n) is 7.03. The Bertz CT molecular complexity index is 1540. The van der Waals surface area contributed by atoms with Gasteiger partial charge in [-0.25, -0.2) is 8.42 Å². The number of hydrogen-bond acceptors (Lipinski definition) is 7. The molecule has 0 unspecified atom stereocenters. The Morgan fingerprint density at radius 1 is 1.05 bits per heavy atom. The summed E-state index contributed by atoms with van der Waals surface area (Å²) in [5.74, 6) is -0.679. The van der Waals surface area contributed by atoms with Crippen LogP contribution < -0.4 is 14.2 Å². The summed E-state index contributed by atoms with van der Waals surface area (Å²) in [7, 11) is -3.96. The van der Waals surface area contributed by atoms with E-state index in [1.807, 2.05) is 0 Å². The Balaban J connectivity index is 1.45. The van der Waals surface area contributed by atoms with Crippen LogP contribution in [-0.4, -0.2) is 44.5 Å². The molecule has 1 saturated heterocycles. The van der Waals surface area contributed by atoms with Gasteiger partial charge in [-0.05, 0) is 55.0 Å². The van der Waals surface area contributed by atoms with Crippen LogP contribution in [0.5, 0.6) is 11.5 Å². The second-order valence-electron chi connectivity index (χ2n) is 9.99. The molecule has 2 fully saturated rings. The van der Waals surface area contributed by atoms with Crippen molar-refractivity contribution in [2.24, 2.45) is 5.92 Å². The van der Waals surface area contributed by atoms with Gasteiger partial charge in [0.1, 0.15) is 22.2 Å². The summed E-state index contributed by atoms with van der Waals surface area (Å²) in [6.07, 6.45) is 3.10. The van der Waals surface area contributed by atoms with Crippen LogP contribution in [0.3, 0.4) is 0 Å². The largest absolute Gasteiger partial charge is 0.619 e. The average Bonchev–Trinajstić information content (AvgIpc) is 3.73. The number of aromatic nitrogens is 1. The molecule has 1 aromatic heterocycles. The molecule has 0 spiro atoms. The number of carbonyl (C=O) groups is 1. The summed E-state index contributed by atoms with van der Waals surface area (Å²) < 4.78 is 70.2. The molecule has 2 atom stereocenters. The highest BCUT2D eigenvalue weighted by Gasteiger charge is 2.44. The lowest BCUT2D eigenvalue weighted by atomic mass is 10.0. The molecule has 0 radical (unpaired) electrons. The fourth-order valence-electron chi connectivity index (χ4n) is 4.50. The van der Waals surface area contributed by atoms with Crippen molar-refractivity contribution in [3.8, 4) is 11.5 Å². The molecule has 2 heterocycles. The molecule has 9 nitrogen and oxygen atoms in total. The summed E-state index contributed by atoms with van der Waals surface area (Å²) >= 11 is 12.6. The quantitative estimate of drug-likeness (QED) is 0.150. The van der Waals surface area contributed by atoms with E-state index in [0.717, 1.165) is 29.5 Å². The van der Waals surface area contributed by atoms with Gasteiger partial charge in [0, 0.05) is 18.5 Å². The number of ether oxygens (including phenoxy) is 3. The van der Waals surface area contributed by atoms with Crippen LogP contribution in [0.1, 0.15) is 36.5 Å². The van der Waals surface area contributed by atoms with E-state index < -0.39 is 34.7 Å². The summed E-state index contributed by atoms with van der Waals surface area (Å²) in [6, 6.07) is 10.8. The summed E-state index contributed by atoms with van der Waals surface area (Å²) in [5, 5.41) is 11.8. The molecule has 1 aliphatic heterocycles. The maximum Gasteiger partial charge on any atom is 0.387 e. The second-order valence-corrected chi connectivity index (χ2v) is 12.7. The van der Waals surface area contributed by atoms with E-state index in [9.17, 15) is 27.2 Å². The van der Waals surface area contributed by atoms with Crippen LogP contribution in [0.25, 0.3) is 0 Å². The monoisotopic (exact) mass is 642 g/mol. The van der Waals surface area contributed by atoms with E-state index in [4.69, 9.17) is 32.7 Å². The molecule has 42 heavy (non-hydrogen) atoms. The molecule has 224 valence electrons. The average molecular weight is 643 g/mol. The maximum absolute atomic E-state index is 13.4. The highest BCUT2D eigenvalue weighted by molar-refractivity contribution is 7.89. The van der Waals surface area contributed by atoms with Crippen LogP contribution in [0.2, 0.25) is 10.0 Å². The Morgan fingerprint density at radius 2 is 1.74 bits per heavy atom. The first kappa shape index (κ1) is 30.3. The Hall–Kier alpha value is -3.19. The fraction of sp³-hybridized carbons (Fsp3) is 0.357. The van der Waals surface area contributed by atoms with Crippen LogP contribution in [0, 0.1) is 11.1 Å². The second kappa shape index (κ2) is 12.6. The molecule has 1 saturated carbocycles. The SMILES string of the molecule is O=C(O[C@@H](Cc1c(Cl)c[n+]([O-])cc1Cl)c1ccc(OC(F)F)c(OCC2CC2)c1)[C@@H]1CCN1S(=O)(=O)c1ccccc1. The van der Waals surface area contributed by atoms with Crippen LogP contribution >= 0.6 is 23.2 Å². The minimum atomic E-state index is -3.96. The molecule has 14 heteroatoms. The first-order valence-electron chi connectivity index (χ1n) is 13.1. The smallest absolute Gasteiger partial charge is 0.387 e. The van der Waals surface area contributed by atoms with Crippen LogP contribution in [-0.2, 0) is 26.0 Å². The number of nitrogens with zero attached hydrogens (tertiary/aromatic N) is 2. The Morgan fingerprint density at radius 3 is 2.33 bits per heavy atom. The number of carbonyl (C=O) groups excluding carboxylic acids is 1. The van der Waals surface area contributed by atoms with Crippen molar-refractivity contribution in [3.05, 3.63) is 87.3 Å². The minimum Gasteiger partial charge on any atom is -0.619 e. The molecule has 0 N–H and O–H groups in total. The van der Waals surface area contributed by atoms with Gasteiger partial charge in [-0.15, -0.1) is 0 Å². The first-order valence-corrected chi connectivity index (χ1v) is 15.3. The lowest BCUT2D eigenvalue weighted by Gasteiger charge is -2.38. The van der Waals surface area contributed by atoms with E-state index in [1.165, 1.54) is 30.3 Å². The molecular formula is C28H26Cl2F2N2O7S. The highest BCUT2D eigenvalue weighted by atomic mass is 35.5. The summed E-state index contributed by atoms with van der Waals surface area (Å²) in [5.41, 5.74) is 0.623. The number of sulfonamides is 1. The topological polar surface area (TPSA) is 109 Å². The van der Waals surface area contributed by atoms with E-state index in [2.05, 4.69) is 4.74 Å². The predicted molar refractivity (Wildman–Crippen MR) is 148 cm³/mol. The number of halogens is 4. The normalized spacial score (nSPS) is 17.9. The zero-order chi connectivity index (χ0) is 30.0. The van der Waals surface area contributed by atoms with Gasteiger partial charge in [0.05, 0.1) is 11.5 Å². The van der Waals surface area contributed by atoms with Crippen molar-refractivity contribution in [1.29, 1.82) is 0 Å².